The van der Waals surface area contributed by atoms with Gasteiger partial charge in [-0.2, -0.15) is 0 Å². The fraction of sp³-hybridized carbons (Fsp3) is 0.588. The molecular formula is C17H26N2O. The Labute approximate surface area is 122 Å². The molecule has 2 N–H and O–H groups in total. The van der Waals surface area contributed by atoms with Crippen molar-refractivity contribution in [2.75, 3.05) is 0 Å². The summed E-state index contributed by atoms with van der Waals surface area (Å²) in [6, 6.07) is 8.50. The Morgan fingerprint density at radius 1 is 1.35 bits per heavy atom. The fourth-order valence-corrected chi connectivity index (χ4v) is 2.81. The molecule has 1 aromatic carbocycles. The van der Waals surface area contributed by atoms with Crippen LogP contribution in [0.5, 0.6) is 0 Å². The van der Waals surface area contributed by atoms with Crippen molar-refractivity contribution in [1.29, 1.82) is 0 Å². The maximum Gasteiger partial charge on any atom is 0.237 e. The molecule has 110 valence electrons. The molecule has 2 unspecified atom stereocenters. The highest BCUT2D eigenvalue weighted by atomic mass is 16.2. The highest BCUT2D eigenvalue weighted by Crippen LogP contribution is 2.16. The van der Waals surface area contributed by atoms with Gasteiger partial charge in [0.1, 0.15) is 0 Å². The number of hydrogen-bond donors (Lipinski definition) is 2. The van der Waals surface area contributed by atoms with E-state index in [1.165, 1.54) is 11.1 Å². The van der Waals surface area contributed by atoms with Crippen LogP contribution in [-0.4, -0.2) is 18.0 Å². The normalized spacial score (nSPS) is 20.9. The zero-order valence-corrected chi connectivity index (χ0v) is 12.8. The van der Waals surface area contributed by atoms with Gasteiger partial charge in [0.2, 0.25) is 5.91 Å². The van der Waals surface area contributed by atoms with E-state index < -0.39 is 0 Å². The van der Waals surface area contributed by atoms with Crippen molar-refractivity contribution in [2.24, 2.45) is 5.92 Å². The molecule has 0 fully saturated rings. The van der Waals surface area contributed by atoms with E-state index in [1.54, 1.807) is 0 Å². The molecule has 3 atom stereocenters. The summed E-state index contributed by atoms with van der Waals surface area (Å²) in [7, 11) is 0. The van der Waals surface area contributed by atoms with Crippen molar-refractivity contribution in [3.8, 4) is 0 Å². The second-order valence-corrected chi connectivity index (χ2v) is 6.07. The Hall–Kier alpha value is -1.35. The van der Waals surface area contributed by atoms with Gasteiger partial charge in [-0.3, -0.25) is 4.79 Å². The molecule has 0 bridgehead atoms. The summed E-state index contributed by atoms with van der Waals surface area (Å²) in [5, 5.41) is 6.48. The predicted molar refractivity (Wildman–Crippen MR) is 82.5 cm³/mol. The number of nitrogens with one attached hydrogen (secondary N) is 2. The first kappa shape index (κ1) is 15.0. The molecular weight excluding hydrogens is 248 g/mol. The number of carbonyl (C=O) groups is 1. The number of amides is 1. The van der Waals surface area contributed by atoms with Crippen LogP contribution in [0.1, 0.15) is 44.7 Å². The van der Waals surface area contributed by atoms with Crippen LogP contribution in [0.25, 0.3) is 0 Å². The zero-order valence-electron chi connectivity index (χ0n) is 12.8. The molecule has 1 heterocycles. The van der Waals surface area contributed by atoms with Gasteiger partial charge in [0, 0.05) is 12.6 Å². The van der Waals surface area contributed by atoms with Gasteiger partial charge in [-0.05, 0) is 36.8 Å². The summed E-state index contributed by atoms with van der Waals surface area (Å²) in [5.74, 6) is 0.792. The van der Waals surface area contributed by atoms with Gasteiger partial charge in [0.05, 0.1) is 6.04 Å². The van der Waals surface area contributed by atoms with E-state index in [-0.39, 0.29) is 18.0 Å². The molecule has 0 aliphatic carbocycles. The van der Waals surface area contributed by atoms with E-state index in [4.69, 9.17) is 0 Å². The molecule has 1 amide bonds. The number of rotatable bonds is 5. The standard InChI is InChI=1S/C17H26N2O/c1-4-12(2)9-13(3)19-17(20)16-10-14-7-5-6-8-15(14)11-18-16/h5-8,12-13,16,18H,4,9-11H2,1-3H3,(H,19,20)/t12?,13?,16-/m0/s1. The van der Waals surface area contributed by atoms with Crippen LogP contribution < -0.4 is 10.6 Å². The number of benzene rings is 1. The van der Waals surface area contributed by atoms with Crippen molar-refractivity contribution in [2.45, 2.75) is 58.7 Å². The van der Waals surface area contributed by atoms with Gasteiger partial charge in [-0.15, -0.1) is 0 Å². The maximum absolute atomic E-state index is 12.3. The highest BCUT2D eigenvalue weighted by molar-refractivity contribution is 5.82. The average molecular weight is 274 g/mol. The first-order chi connectivity index (χ1) is 9.60. The van der Waals surface area contributed by atoms with E-state index in [1.807, 2.05) is 6.07 Å². The fourth-order valence-electron chi connectivity index (χ4n) is 2.81. The molecule has 1 aromatic rings. The Morgan fingerprint density at radius 2 is 2.05 bits per heavy atom. The van der Waals surface area contributed by atoms with Crippen LogP contribution >= 0.6 is 0 Å². The van der Waals surface area contributed by atoms with Gasteiger partial charge in [-0.25, -0.2) is 0 Å². The molecule has 3 nitrogen and oxygen atoms in total. The molecule has 1 aliphatic heterocycles. The number of carbonyl (C=O) groups excluding carboxylic acids is 1. The van der Waals surface area contributed by atoms with Crippen LogP contribution in [0.3, 0.4) is 0 Å². The van der Waals surface area contributed by atoms with E-state index in [9.17, 15) is 4.79 Å². The zero-order chi connectivity index (χ0) is 14.5. The van der Waals surface area contributed by atoms with Gasteiger partial charge < -0.3 is 10.6 Å². The van der Waals surface area contributed by atoms with Gasteiger partial charge >= 0.3 is 0 Å². The van der Waals surface area contributed by atoms with Crippen molar-refractivity contribution in [3.05, 3.63) is 35.4 Å². The molecule has 0 saturated carbocycles. The van der Waals surface area contributed by atoms with Gasteiger partial charge in [0.25, 0.3) is 0 Å². The minimum Gasteiger partial charge on any atom is -0.352 e. The summed E-state index contributed by atoms with van der Waals surface area (Å²) in [5.41, 5.74) is 2.60. The summed E-state index contributed by atoms with van der Waals surface area (Å²) in [4.78, 5) is 12.3. The van der Waals surface area contributed by atoms with Crippen molar-refractivity contribution in [1.82, 2.24) is 10.6 Å². The van der Waals surface area contributed by atoms with Crippen molar-refractivity contribution in [3.63, 3.8) is 0 Å². The lowest BCUT2D eigenvalue weighted by Crippen LogP contribution is -2.50. The van der Waals surface area contributed by atoms with Crippen LogP contribution in [-0.2, 0) is 17.8 Å². The first-order valence-corrected chi connectivity index (χ1v) is 7.70. The number of hydrogen-bond acceptors (Lipinski definition) is 2. The first-order valence-electron chi connectivity index (χ1n) is 7.70. The summed E-state index contributed by atoms with van der Waals surface area (Å²) < 4.78 is 0. The van der Waals surface area contributed by atoms with E-state index in [0.29, 0.717) is 5.92 Å². The van der Waals surface area contributed by atoms with E-state index in [0.717, 1.165) is 25.8 Å². The molecule has 0 aromatic heterocycles. The Balaban J connectivity index is 1.88. The van der Waals surface area contributed by atoms with Crippen molar-refractivity contribution < 1.29 is 4.79 Å². The van der Waals surface area contributed by atoms with Gasteiger partial charge in [0.15, 0.2) is 0 Å². The molecule has 20 heavy (non-hydrogen) atoms. The number of fused-ring (bicyclic) bond motifs is 1. The third-order valence-electron chi connectivity index (χ3n) is 4.24. The SMILES string of the molecule is CCC(C)CC(C)NC(=O)[C@@H]1Cc2ccccc2CN1. The topological polar surface area (TPSA) is 41.1 Å². The van der Waals surface area contributed by atoms with Crippen molar-refractivity contribution >= 4 is 5.91 Å². The van der Waals surface area contributed by atoms with Crippen LogP contribution in [0.15, 0.2) is 24.3 Å². The smallest absolute Gasteiger partial charge is 0.237 e. The summed E-state index contributed by atoms with van der Waals surface area (Å²) in [6.07, 6.45) is 3.00. The van der Waals surface area contributed by atoms with Crippen LogP contribution in [0.4, 0.5) is 0 Å². The Bertz CT molecular complexity index is 458. The summed E-state index contributed by atoms with van der Waals surface area (Å²) >= 11 is 0. The van der Waals surface area contributed by atoms with E-state index >= 15 is 0 Å². The molecule has 3 heteroatoms. The highest BCUT2D eigenvalue weighted by Gasteiger charge is 2.24. The van der Waals surface area contributed by atoms with Gasteiger partial charge in [-0.1, -0.05) is 44.5 Å². The second kappa shape index (κ2) is 6.89. The van der Waals surface area contributed by atoms with E-state index in [2.05, 4.69) is 49.6 Å². The minimum atomic E-state index is -0.0933. The molecule has 0 radical (unpaired) electrons. The molecule has 2 rings (SSSR count). The quantitative estimate of drug-likeness (QED) is 0.866. The lowest BCUT2D eigenvalue weighted by Gasteiger charge is -2.27. The molecule has 1 aliphatic rings. The third kappa shape index (κ3) is 3.83. The summed E-state index contributed by atoms with van der Waals surface area (Å²) in [6.45, 7) is 7.31. The Kier molecular flexibility index (Phi) is 5.18. The third-order valence-corrected chi connectivity index (χ3v) is 4.24. The largest absolute Gasteiger partial charge is 0.352 e. The van der Waals surface area contributed by atoms with Crippen LogP contribution in [0.2, 0.25) is 0 Å². The predicted octanol–water partition coefficient (Wildman–Crippen LogP) is 2.64. The maximum atomic E-state index is 12.3. The lowest BCUT2D eigenvalue weighted by atomic mass is 9.95. The monoisotopic (exact) mass is 274 g/mol. The average Bonchev–Trinajstić information content (AvgIpc) is 2.46. The Morgan fingerprint density at radius 3 is 2.75 bits per heavy atom. The second-order valence-electron chi connectivity index (χ2n) is 6.07. The lowest BCUT2D eigenvalue weighted by molar-refractivity contribution is -0.124. The molecule has 0 saturated heterocycles. The van der Waals surface area contributed by atoms with Crippen LogP contribution in [0, 0.1) is 5.92 Å². The molecule has 0 spiro atoms. The minimum absolute atomic E-state index is 0.0933.